The van der Waals surface area contributed by atoms with Gasteiger partial charge in [-0.05, 0) is 49.6 Å². The second-order valence-corrected chi connectivity index (χ2v) is 7.21. The van der Waals surface area contributed by atoms with Crippen LogP contribution < -0.4 is 19.5 Å². The van der Waals surface area contributed by atoms with Gasteiger partial charge in [-0.3, -0.25) is 10.1 Å². The normalized spacial score (nSPS) is 10.9. The van der Waals surface area contributed by atoms with Crippen LogP contribution in [0.1, 0.15) is 25.3 Å². The van der Waals surface area contributed by atoms with Crippen LogP contribution in [0.25, 0.3) is 11.0 Å². The number of carbonyl (C=O) groups is 1. The summed E-state index contributed by atoms with van der Waals surface area (Å²) < 4.78 is 23.6. The standard InChI is InChI=1S/C24H31N3O5/c1-5-32-14-8-13-27-19-10-7-6-9-18(19)25-24(27)26-22(28)12-11-17-15-20(29-2)23(31-4)21(16-17)30-3/h6-7,9-10,15-16H,5,8,11-14H2,1-4H3,(H,25,26,28). The van der Waals surface area contributed by atoms with Crippen molar-refractivity contribution in [3.05, 3.63) is 42.0 Å². The van der Waals surface area contributed by atoms with Crippen molar-refractivity contribution in [1.29, 1.82) is 0 Å². The third-order valence-electron chi connectivity index (χ3n) is 5.15. The second-order valence-electron chi connectivity index (χ2n) is 7.21. The number of aromatic nitrogens is 2. The molecule has 0 saturated heterocycles. The van der Waals surface area contributed by atoms with E-state index in [1.807, 2.05) is 47.9 Å². The molecule has 2 aromatic carbocycles. The van der Waals surface area contributed by atoms with Gasteiger partial charge in [0.05, 0.1) is 32.4 Å². The van der Waals surface area contributed by atoms with E-state index in [1.165, 1.54) is 0 Å². The van der Waals surface area contributed by atoms with Crippen molar-refractivity contribution >= 4 is 22.9 Å². The summed E-state index contributed by atoms with van der Waals surface area (Å²) in [4.78, 5) is 17.4. The quantitative estimate of drug-likeness (QED) is 0.427. The van der Waals surface area contributed by atoms with Gasteiger partial charge in [0, 0.05) is 26.2 Å². The Labute approximate surface area is 188 Å². The predicted octanol–water partition coefficient (Wildman–Crippen LogP) is 4.06. The van der Waals surface area contributed by atoms with Gasteiger partial charge >= 0.3 is 0 Å². The SMILES string of the molecule is CCOCCCn1c(NC(=O)CCc2cc(OC)c(OC)c(OC)c2)nc2ccccc21. The third-order valence-corrected chi connectivity index (χ3v) is 5.15. The van der Waals surface area contributed by atoms with E-state index in [2.05, 4.69) is 10.3 Å². The molecule has 0 aliphatic carbocycles. The molecule has 0 unspecified atom stereocenters. The van der Waals surface area contributed by atoms with E-state index >= 15 is 0 Å². The maximum absolute atomic E-state index is 12.7. The van der Waals surface area contributed by atoms with Gasteiger partial charge in [0.15, 0.2) is 11.5 Å². The Morgan fingerprint density at radius 2 is 1.78 bits per heavy atom. The van der Waals surface area contributed by atoms with E-state index in [-0.39, 0.29) is 5.91 Å². The van der Waals surface area contributed by atoms with Crippen molar-refractivity contribution in [3.8, 4) is 17.2 Å². The van der Waals surface area contributed by atoms with Crippen LogP contribution in [0.5, 0.6) is 17.2 Å². The number of hydrogen-bond acceptors (Lipinski definition) is 6. The van der Waals surface area contributed by atoms with Crippen molar-refractivity contribution in [1.82, 2.24) is 9.55 Å². The Morgan fingerprint density at radius 1 is 1.06 bits per heavy atom. The van der Waals surface area contributed by atoms with E-state index < -0.39 is 0 Å². The van der Waals surface area contributed by atoms with Gasteiger partial charge in [-0.25, -0.2) is 4.98 Å². The number of anilines is 1. The molecule has 0 aliphatic rings. The molecule has 0 atom stereocenters. The molecule has 0 spiro atoms. The zero-order chi connectivity index (χ0) is 22.9. The Kier molecular flexibility index (Phi) is 8.33. The first kappa shape index (κ1) is 23.4. The van der Waals surface area contributed by atoms with E-state index in [4.69, 9.17) is 18.9 Å². The van der Waals surface area contributed by atoms with Crippen LogP contribution in [0.3, 0.4) is 0 Å². The van der Waals surface area contributed by atoms with Gasteiger partial charge in [0.2, 0.25) is 17.6 Å². The number of methoxy groups -OCH3 is 3. The van der Waals surface area contributed by atoms with Crippen molar-refractivity contribution in [2.75, 3.05) is 39.9 Å². The predicted molar refractivity (Wildman–Crippen MR) is 124 cm³/mol. The molecule has 3 rings (SSSR count). The maximum Gasteiger partial charge on any atom is 0.227 e. The van der Waals surface area contributed by atoms with Crippen LogP contribution in [0.4, 0.5) is 5.95 Å². The highest BCUT2D eigenvalue weighted by Gasteiger charge is 2.16. The highest BCUT2D eigenvalue weighted by atomic mass is 16.5. The third kappa shape index (κ3) is 5.50. The Morgan fingerprint density at radius 3 is 2.44 bits per heavy atom. The van der Waals surface area contributed by atoms with Gasteiger partial charge in [-0.2, -0.15) is 0 Å². The highest BCUT2D eigenvalue weighted by Crippen LogP contribution is 2.38. The lowest BCUT2D eigenvalue weighted by atomic mass is 10.1. The van der Waals surface area contributed by atoms with Gasteiger partial charge in [-0.15, -0.1) is 0 Å². The number of benzene rings is 2. The summed E-state index contributed by atoms with van der Waals surface area (Å²) in [7, 11) is 4.71. The Bertz CT molecular complexity index is 1020. The molecule has 8 nitrogen and oxygen atoms in total. The van der Waals surface area contributed by atoms with E-state index in [0.717, 1.165) is 23.0 Å². The number of imidazole rings is 1. The number of para-hydroxylation sites is 2. The zero-order valence-electron chi connectivity index (χ0n) is 19.1. The molecular formula is C24H31N3O5. The number of nitrogens with zero attached hydrogens (tertiary/aromatic N) is 2. The summed E-state index contributed by atoms with van der Waals surface area (Å²) in [5.74, 6) is 2.11. The van der Waals surface area contributed by atoms with Gasteiger partial charge in [0.1, 0.15) is 0 Å². The zero-order valence-corrected chi connectivity index (χ0v) is 19.1. The number of rotatable bonds is 12. The largest absolute Gasteiger partial charge is 0.493 e. The summed E-state index contributed by atoms with van der Waals surface area (Å²) in [5, 5.41) is 2.98. The molecule has 0 fully saturated rings. The van der Waals surface area contributed by atoms with Crippen LogP contribution in [-0.4, -0.2) is 50.0 Å². The highest BCUT2D eigenvalue weighted by molar-refractivity contribution is 5.91. The molecule has 0 bridgehead atoms. The van der Waals surface area contributed by atoms with Gasteiger partial charge in [-0.1, -0.05) is 12.1 Å². The van der Waals surface area contributed by atoms with Crippen molar-refractivity contribution < 1.29 is 23.7 Å². The first-order valence-corrected chi connectivity index (χ1v) is 10.7. The average Bonchev–Trinajstić information content (AvgIpc) is 3.16. The molecule has 32 heavy (non-hydrogen) atoms. The summed E-state index contributed by atoms with van der Waals surface area (Å²) in [6, 6.07) is 11.6. The van der Waals surface area contributed by atoms with Crippen molar-refractivity contribution in [2.45, 2.75) is 32.7 Å². The van der Waals surface area contributed by atoms with Crippen LogP contribution in [0, 0.1) is 0 Å². The van der Waals surface area contributed by atoms with Crippen LogP contribution >= 0.6 is 0 Å². The lowest BCUT2D eigenvalue weighted by molar-refractivity contribution is -0.116. The smallest absolute Gasteiger partial charge is 0.227 e. The number of carbonyl (C=O) groups excluding carboxylic acids is 1. The minimum atomic E-state index is -0.111. The lowest BCUT2D eigenvalue weighted by Gasteiger charge is -2.14. The van der Waals surface area contributed by atoms with E-state index in [9.17, 15) is 4.79 Å². The molecule has 1 heterocycles. The molecule has 1 amide bonds. The fourth-order valence-electron chi connectivity index (χ4n) is 3.59. The summed E-state index contributed by atoms with van der Waals surface area (Å²) in [5.41, 5.74) is 2.76. The van der Waals surface area contributed by atoms with Crippen LogP contribution in [-0.2, 0) is 22.5 Å². The molecule has 172 valence electrons. The minimum Gasteiger partial charge on any atom is -0.493 e. The number of ether oxygens (including phenoxy) is 4. The average molecular weight is 442 g/mol. The first-order valence-electron chi connectivity index (χ1n) is 10.7. The Balaban J connectivity index is 1.71. The second kappa shape index (κ2) is 11.4. The Hall–Kier alpha value is -3.26. The molecule has 0 saturated carbocycles. The number of hydrogen-bond donors (Lipinski definition) is 1. The molecule has 8 heteroatoms. The molecule has 0 radical (unpaired) electrons. The molecule has 3 aromatic rings. The lowest BCUT2D eigenvalue weighted by Crippen LogP contribution is -2.17. The summed E-state index contributed by atoms with van der Waals surface area (Å²) in [6.45, 7) is 4.04. The number of aryl methyl sites for hydroxylation is 2. The first-order chi connectivity index (χ1) is 15.6. The van der Waals surface area contributed by atoms with Crippen molar-refractivity contribution in [2.24, 2.45) is 0 Å². The van der Waals surface area contributed by atoms with E-state index in [1.54, 1.807) is 21.3 Å². The van der Waals surface area contributed by atoms with Crippen molar-refractivity contribution in [3.63, 3.8) is 0 Å². The molecule has 0 aliphatic heterocycles. The molecular weight excluding hydrogens is 410 g/mol. The van der Waals surface area contributed by atoms with Gasteiger partial charge < -0.3 is 23.5 Å². The van der Waals surface area contributed by atoms with E-state index in [0.29, 0.717) is 55.8 Å². The van der Waals surface area contributed by atoms with Gasteiger partial charge in [0.25, 0.3) is 0 Å². The topological polar surface area (TPSA) is 83.8 Å². The summed E-state index contributed by atoms with van der Waals surface area (Å²) >= 11 is 0. The monoisotopic (exact) mass is 441 g/mol. The van der Waals surface area contributed by atoms with Crippen LogP contribution in [0.15, 0.2) is 36.4 Å². The molecule has 1 N–H and O–H groups in total. The minimum absolute atomic E-state index is 0.111. The number of amides is 1. The molecule has 1 aromatic heterocycles. The fourth-order valence-corrected chi connectivity index (χ4v) is 3.59. The summed E-state index contributed by atoms with van der Waals surface area (Å²) in [6.07, 6.45) is 1.65. The maximum atomic E-state index is 12.7. The fraction of sp³-hybridized carbons (Fsp3) is 0.417. The number of fused-ring (bicyclic) bond motifs is 1. The van der Waals surface area contributed by atoms with Crippen LogP contribution in [0.2, 0.25) is 0 Å². The number of nitrogens with one attached hydrogen (secondary N) is 1.